The highest BCUT2D eigenvalue weighted by atomic mass is 14.3. The number of aryl methyl sites for hydroxylation is 2. The van der Waals surface area contributed by atoms with E-state index < -0.39 is 0 Å². The summed E-state index contributed by atoms with van der Waals surface area (Å²) in [7, 11) is 0. The van der Waals surface area contributed by atoms with E-state index in [1.54, 1.807) is 11.1 Å². The Morgan fingerprint density at radius 2 is 1.71 bits per heavy atom. The summed E-state index contributed by atoms with van der Waals surface area (Å²) in [5.41, 5.74) is 6.34. The van der Waals surface area contributed by atoms with Gasteiger partial charge in [-0.25, -0.2) is 0 Å². The van der Waals surface area contributed by atoms with Crippen molar-refractivity contribution in [1.82, 2.24) is 0 Å². The Hall–Kier alpha value is -0.780. The van der Waals surface area contributed by atoms with Crippen molar-refractivity contribution >= 4 is 0 Å². The molecule has 0 radical (unpaired) electrons. The molecule has 0 heteroatoms. The van der Waals surface area contributed by atoms with Crippen LogP contribution in [0, 0.1) is 6.92 Å². The first kappa shape index (κ1) is 14.3. The van der Waals surface area contributed by atoms with Crippen molar-refractivity contribution in [2.75, 3.05) is 0 Å². The monoisotopic (exact) mass is 232 g/mol. The van der Waals surface area contributed by atoms with Crippen molar-refractivity contribution in [1.29, 1.82) is 0 Å². The van der Waals surface area contributed by atoms with Gasteiger partial charge in [-0.15, -0.1) is 0 Å². The molecule has 0 bridgehead atoms. The Labute approximate surface area is 107 Å². The fourth-order valence-corrected chi connectivity index (χ4v) is 2.65. The van der Waals surface area contributed by atoms with Crippen LogP contribution in [-0.2, 0) is 11.8 Å². The Morgan fingerprint density at radius 3 is 2.12 bits per heavy atom. The average Bonchev–Trinajstić information content (AvgIpc) is 2.15. The van der Waals surface area contributed by atoms with Gasteiger partial charge in [0.15, 0.2) is 0 Å². The van der Waals surface area contributed by atoms with Crippen LogP contribution >= 0.6 is 0 Å². The number of hydrogen-bond acceptors (Lipinski definition) is 0. The minimum atomic E-state index is 0.244. The minimum absolute atomic E-state index is 0.244. The van der Waals surface area contributed by atoms with Crippen LogP contribution in [0.15, 0.2) is 12.1 Å². The standard InChI is InChI=1S/C17H28/c1-8-9-14-10-13(4)11-15(17(5,6)7)16(14)12(2)3/h10-12H,8-9H2,1-7H3. The fourth-order valence-electron chi connectivity index (χ4n) is 2.65. The first-order valence-corrected chi connectivity index (χ1v) is 6.91. The lowest BCUT2D eigenvalue weighted by atomic mass is 9.77. The molecule has 17 heavy (non-hydrogen) atoms. The Morgan fingerprint density at radius 1 is 1.12 bits per heavy atom. The Balaban J connectivity index is 3.46. The minimum Gasteiger partial charge on any atom is -0.0651 e. The molecule has 0 saturated heterocycles. The van der Waals surface area contributed by atoms with E-state index >= 15 is 0 Å². The maximum atomic E-state index is 2.38. The highest BCUT2D eigenvalue weighted by Gasteiger charge is 2.22. The summed E-state index contributed by atoms with van der Waals surface area (Å²) < 4.78 is 0. The van der Waals surface area contributed by atoms with Gasteiger partial charge < -0.3 is 0 Å². The molecule has 1 aromatic carbocycles. The van der Waals surface area contributed by atoms with Crippen molar-refractivity contribution in [3.8, 4) is 0 Å². The third kappa shape index (κ3) is 3.34. The summed E-state index contributed by atoms with van der Waals surface area (Å²) in [4.78, 5) is 0. The molecule has 0 nitrogen and oxygen atoms in total. The molecular weight excluding hydrogens is 204 g/mol. The lowest BCUT2D eigenvalue weighted by Crippen LogP contribution is -2.17. The van der Waals surface area contributed by atoms with E-state index in [-0.39, 0.29) is 5.41 Å². The number of benzene rings is 1. The lowest BCUT2D eigenvalue weighted by molar-refractivity contribution is 0.573. The molecule has 0 fully saturated rings. The van der Waals surface area contributed by atoms with E-state index in [1.165, 1.54) is 24.0 Å². The molecule has 1 rings (SSSR count). The van der Waals surface area contributed by atoms with E-state index in [2.05, 4.69) is 60.6 Å². The van der Waals surface area contributed by atoms with Gasteiger partial charge in [-0.2, -0.15) is 0 Å². The van der Waals surface area contributed by atoms with Crippen LogP contribution in [0.5, 0.6) is 0 Å². The van der Waals surface area contributed by atoms with Crippen molar-refractivity contribution < 1.29 is 0 Å². The third-order valence-electron chi connectivity index (χ3n) is 3.31. The van der Waals surface area contributed by atoms with Crippen LogP contribution in [0.1, 0.15) is 76.1 Å². The summed E-state index contributed by atoms with van der Waals surface area (Å²) in [5.74, 6) is 0.617. The molecule has 1 aromatic rings. The molecule has 0 unspecified atom stereocenters. The summed E-state index contributed by atoms with van der Waals surface area (Å²) in [5, 5.41) is 0. The molecule has 0 aliphatic rings. The molecule has 0 aliphatic heterocycles. The molecule has 0 heterocycles. The molecule has 0 aliphatic carbocycles. The van der Waals surface area contributed by atoms with Crippen LogP contribution in [-0.4, -0.2) is 0 Å². The maximum Gasteiger partial charge on any atom is -0.0129 e. The fraction of sp³-hybridized carbons (Fsp3) is 0.647. The van der Waals surface area contributed by atoms with Gasteiger partial charge in [-0.1, -0.05) is 65.7 Å². The van der Waals surface area contributed by atoms with E-state index in [1.807, 2.05) is 0 Å². The molecule has 0 amide bonds. The van der Waals surface area contributed by atoms with Crippen LogP contribution in [0.25, 0.3) is 0 Å². The summed E-state index contributed by atoms with van der Waals surface area (Å²) in [6.07, 6.45) is 2.44. The Bertz CT molecular complexity index is 378. The van der Waals surface area contributed by atoms with Gasteiger partial charge in [0, 0.05) is 0 Å². The van der Waals surface area contributed by atoms with Gasteiger partial charge in [-0.05, 0) is 41.4 Å². The normalized spacial score (nSPS) is 12.2. The quantitative estimate of drug-likeness (QED) is 0.657. The van der Waals surface area contributed by atoms with Crippen LogP contribution in [0.4, 0.5) is 0 Å². The first-order chi connectivity index (χ1) is 7.77. The summed E-state index contributed by atoms with van der Waals surface area (Å²) in [6, 6.07) is 4.77. The predicted molar refractivity (Wildman–Crippen MR) is 78.0 cm³/mol. The van der Waals surface area contributed by atoms with Crippen molar-refractivity contribution in [2.24, 2.45) is 0 Å². The highest BCUT2D eigenvalue weighted by molar-refractivity contribution is 5.44. The van der Waals surface area contributed by atoms with E-state index in [0.717, 1.165) is 0 Å². The molecule has 0 N–H and O–H groups in total. The smallest absolute Gasteiger partial charge is 0.0129 e. The lowest BCUT2D eigenvalue weighted by Gasteiger charge is -2.28. The second-order valence-electron chi connectivity index (χ2n) is 6.54. The maximum absolute atomic E-state index is 2.38. The van der Waals surface area contributed by atoms with Crippen LogP contribution in [0.2, 0.25) is 0 Å². The largest absolute Gasteiger partial charge is 0.0651 e. The van der Waals surface area contributed by atoms with Crippen molar-refractivity contribution in [3.05, 3.63) is 34.4 Å². The predicted octanol–water partition coefficient (Wildman–Crippen LogP) is 5.37. The van der Waals surface area contributed by atoms with Gasteiger partial charge in [0.05, 0.1) is 0 Å². The van der Waals surface area contributed by atoms with Gasteiger partial charge in [0.25, 0.3) is 0 Å². The van der Waals surface area contributed by atoms with Crippen LogP contribution in [0.3, 0.4) is 0 Å². The number of rotatable bonds is 3. The molecule has 0 aromatic heterocycles. The third-order valence-corrected chi connectivity index (χ3v) is 3.31. The van der Waals surface area contributed by atoms with Crippen molar-refractivity contribution in [2.45, 2.75) is 72.6 Å². The molecule has 96 valence electrons. The van der Waals surface area contributed by atoms with E-state index in [4.69, 9.17) is 0 Å². The zero-order valence-electron chi connectivity index (χ0n) is 12.6. The van der Waals surface area contributed by atoms with Gasteiger partial charge in [0.1, 0.15) is 0 Å². The zero-order chi connectivity index (χ0) is 13.2. The topological polar surface area (TPSA) is 0 Å². The van der Waals surface area contributed by atoms with Crippen LogP contribution < -0.4 is 0 Å². The second kappa shape index (κ2) is 5.25. The molecule has 0 saturated carbocycles. The molecular formula is C17H28. The average molecular weight is 232 g/mol. The van der Waals surface area contributed by atoms with Crippen molar-refractivity contribution in [3.63, 3.8) is 0 Å². The number of hydrogen-bond donors (Lipinski definition) is 0. The first-order valence-electron chi connectivity index (χ1n) is 6.91. The van der Waals surface area contributed by atoms with Gasteiger partial charge >= 0.3 is 0 Å². The summed E-state index contributed by atoms with van der Waals surface area (Å²) in [6.45, 7) is 16.1. The van der Waals surface area contributed by atoms with Gasteiger partial charge in [-0.3, -0.25) is 0 Å². The SMILES string of the molecule is CCCc1cc(C)cc(C(C)(C)C)c1C(C)C. The van der Waals surface area contributed by atoms with E-state index in [0.29, 0.717) is 5.92 Å². The highest BCUT2D eigenvalue weighted by Crippen LogP contribution is 2.34. The second-order valence-corrected chi connectivity index (χ2v) is 6.54. The zero-order valence-corrected chi connectivity index (χ0v) is 12.6. The Kier molecular flexibility index (Phi) is 4.41. The molecule has 0 atom stereocenters. The summed E-state index contributed by atoms with van der Waals surface area (Å²) >= 11 is 0. The molecule has 0 spiro atoms. The van der Waals surface area contributed by atoms with E-state index in [9.17, 15) is 0 Å². The van der Waals surface area contributed by atoms with Gasteiger partial charge in [0.2, 0.25) is 0 Å².